The zero-order valence-corrected chi connectivity index (χ0v) is 4.20. The first-order valence-corrected chi connectivity index (χ1v) is 2.45. The molecule has 0 atom stereocenters. The van der Waals surface area contributed by atoms with E-state index in [9.17, 15) is 0 Å². The zero-order chi connectivity index (χ0) is 4.57. The number of hydrogen-bond acceptors (Lipinski definition) is 0. The zero-order valence-electron chi connectivity index (χ0n) is 4.20. The van der Waals surface area contributed by atoms with Gasteiger partial charge in [0.15, 0.2) is 0 Å². The largest absolute Gasteiger partial charge is 0.467 e. The third-order valence-corrected chi connectivity index (χ3v) is 1.27. The van der Waals surface area contributed by atoms with E-state index in [0.717, 1.165) is 5.92 Å². The first-order chi connectivity index (χ1) is 2.79. The number of rotatable bonds is 0. The summed E-state index contributed by atoms with van der Waals surface area (Å²) in [5.41, 5.74) is 0. The molecule has 6 heavy (non-hydrogen) atoms. The van der Waals surface area contributed by atoms with Crippen molar-refractivity contribution in [2.75, 3.05) is 13.1 Å². The van der Waals surface area contributed by atoms with E-state index < -0.39 is 0 Å². The molecule has 36 valence electrons. The SMILES string of the molecule is [CH2-][NH+]1CC(C)C1. The predicted octanol–water partition coefficient (Wildman–Crippen LogP) is -0.687. The molecule has 1 heteroatoms. The lowest BCUT2D eigenvalue weighted by molar-refractivity contribution is -0.906. The summed E-state index contributed by atoms with van der Waals surface area (Å²) in [5.74, 6) is 0.942. The summed E-state index contributed by atoms with van der Waals surface area (Å²) >= 11 is 0. The molecule has 1 rings (SSSR count). The number of quaternary nitrogens is 1. The maximum absolute atomic E-state index is 3.81. The van der Waals surface area contributed by atoms with E-state index in [0.29, 0.717) is 0 Å². The molecule has 0 unspecified atom stereocenters. The molecule has 0 spiro atoms. The smallest absolute Gasteiger partial charge is 0.0610 e. The van der Waals surface area contributed by atoms with Crippen molar-refractivity contribution in [1.82, 2.24) is 0 Å². The second-order valence-electron chi connectivity index (χ2n) is 2.26. The Morgan fingerprint density at radius 1 is 1.67 bits per heavy atom. The van der Waals surface area contributed by atoms with Crippen LogP contribution in [0, 0.1) is 13.0 Å². The lowest BCUT2D eigenvalue weighted by Gasteiger charge is -2.35. The van der Waals surface area contributed by atoms with Gasteiger partial charge < -0.3 is 4.90 Å². The normalized spacial score (nSPS) is 45.0. The molecule has 1 heterocycles. The van der Waals surface area contributed by atoms with E-state index in [-0.39, 0.29) is 0 Å². The molecule has 1 fully saturated rings. The molecule has 1 nitrogen and oxygen atoms in total. The first-order valence-electron chi connectivity index (χ1n) is 2.45. The summed E-state index contributed by atoms with van der Waals surface area (Å²) in [4.78, 5) is 1.43. The van der Waals surface area contributed by atoms with Gasteiger partial charge in [-0.1, -0.05) is 6.92 Å². The van der Waals surface area contributed by atoms with Crippen LogP contribution in [0.25, 0.3) is 0 Å². The fourth-order valence-electron chi connectivity index (χ4n) is 0.926. The van der Waals surface area contributed by atoms with Gasteiger partial charge in [0.1, 0.15) is 0 Å². The Hall–Kier alpha value is -0.0400. The minimum atomic E-state index is 0.942. The monoisotopic (exact) mass is 85.1 g/mol. The van der Waals surface area contributed by atoms with Crippen LogP contribution in [0.3, 0.4) is 0 Å². The van der Waals surface area contributed by atoms with Crippen LogP contribution in [-0.2, 0) is 0 Å². The van der Waals surface area contributed by atoms with Gasteiger partial charge in [0, 0.05) is 5.92 Å². The maximum atomic E-state index is 3.81. The van der Waals surface area contributed by atoms with Gasteiger partial charge in [-0.05, 0) is 0 Å². The summed E-state index contributed by atoms with van der Waals surface area (Å²) < 4.78 is 0. The summed E-state index contributed by atoms with van der Waals surface area (Å²) in [7, 11) is 3.81. The minimum Gasteiger partial charge on any atom is -0.467 e. The maximum Gasteiger partial charge on any atom is 0.0610 e. The molecule has 0 bridgehead atoms. The average molecular weight is 85.2 g/mol. The first kappa shape index (κ1) is 4.13. The van der Waals surface area contributed by atoms with Crippen LogP contribution in [0.4, 0.5) is 0 Å². The fourth-order valence-corrected chi connectivity index (χ4v) is 0.926. The van der Waals surface area contributed by atoms with E-state index in [4.69, 9.17) is 0 Å². The van der Waals surface area contributed by atoms with Crippen molar-refractivity contribution in [3.63, 3.8) is 0 Å². The van der Waals surface area contributed by atoms with Gasteiger partial charge in [-0.3, -0.25) is 0 Å². The predicted molar refractivity (Wildman–Crippen MR) is 25.2 cm³/mol. The molecule has 0 radical (unpaired) electrons. The standard InChI is InChI=1S/C5H11N/c1-5-3-6(2)4-5/h5-6H,2-4H2,1H3. The Labute approximate surface area is 39.0 Å². The Kier molecular flexibility index (Phi) is 0.845. The summed E-state index contributed by atoms with van der Waals surface area (Å²) in [6, 6.07) is 0. The van der Waals surface area contributed by atoms with Gasteiger partial charge in [-0.15, -0.1) is 0 Å². The molecule has 1 saturated heterocycles. The Balaban J connectivity index is 2.11. The van der Waals surface area contributed by atoms with E-state index in [1.807, 2.05) is 0 Å². The highest BCUT2D eigenvalue weighted by molar-refractivity contribution is 4.53. The van der Waals surface area contributed by atoms with Crippen molar-refractivity contribution in [3.05, 3.63) is 7.05 Å². The van der Waals surface area contributed by atoms with Gasteiger partial charge >= 0.3 is 0 Å². The Morgan fingerprint density at radius 3 is 2.17 bits per heavy atom. The summed E-state index contributed by atoms with van der Waals surface area (Å²) in [6.45, 7) is 4.81. The van der Waals surface area contributed by atoms with Gasteiger partial charge in [0.2, 0.25) is 0 Å². The van der Waals surface area contributed by atoms with Gasteiger partial charge in [0.05, 0.1) is 13.1 Å². The molecule has 0 saturated carbocycles. The highest BCUT2D eigenvalue weighted by Gasteiger charge is 2.17. The molecule has 0 aromatic heterocycles. The third kappa shape index (κ3) is 0.548. The van der Waals surface area contributed by atoms with Crippen molar-refractivity contribution >= 4 is 0 Å². The third-order valence-electron chi connectivity index (χ3n) is 1.27. The van der Waals surface area contributed by atoms with Crippen molar-refractivity contribution in [2.45, 2.75) is 6.92 Å². The average Bonchev–Trinajstić information content (AvgIpc) is 1.33. The topological polar surface area (TPSA) is 4.44 Å². The highest BCUT2D eigenvalue weighted by atomic mass is 15.2. The second kappa shape index (κ2) is 1.23. The van der Waals surface area contributed by atoms with Crippen molar-refractivity contribution < 1.29 is 4.90 Å². The molecule has 0 aromatic rings. The fraction of sp³-hybridized carbons (Fsp3) is 0.800. The van der Waals surface area contributed by atoms with Crippen molar-refractivity contribution in [1.29, 1.82) is 0 Å². The molecule has 0 amide bonds. The number of likely N-dealkylation sites (tertiary alicyclic amines) is 1. The minimum absolute atomic E-state index is 0.942. The van der Waals surface area contributed by atoms with Crippen LogP contribution in [0.2, 0.25) is 0 Å². The summed E-state index contributed by atoms with van der Waals surface area (Å²) in [5, 5.41) is 0. The van der Waals surface area contributed by atoms with Gasteiger partial charge in [0.25, 0.3) is 0 Å². The molecule has 1 aliphatic heterocycles. The second-order valence-corrected chi connectivity index (χ2v) is 2.26. The van der Waals surface area contributed by atoms with E-state index in [1.54, 1.807) is 0 Å². The molecule has 0 aromatic carbocycles. The van der Waals surface area contributed by atoms with E-state index in [1.165, 1.54) is 18.0 Å². The molecular formula is C5H11N. The van der Waals surface area contributed by atoms with Gasteiger partial charge in [-0.2, -0.15) is 7.05 Å². The number of hydrogen-bond donors (Lipinski definition) is 1. The van der Waals surface area contributed by atoms with Crippen molar-refractivity contribution in [2.24, 2.45) is 5.92 Å². The molecular weight excluding hydrogens is 74.1 g/mol. The molecule has 1 aliphatic rings. The van der Waals surface area contributed by atoms with E-state index in [2.05, 4.69) is 14.0 Å². The van der Waals surface area contributed by atoms with Crippen LogP contribution in [0.5, 0.6) is 0 Å². The van der Waals surface area contributed by atoms with Gasteiger partial charge in [-0.25, -0.2) is 0 Å². The van der Waals surface area contributed by atoms with Crippen LogP contribution in [0.1, 0.15) is 6.92 Å². The van der Waals surface area contributed by atoms with E-state index >= 15 is 0 Å². The molecule has 1 N–H and O–H groups in total. The quantitative estimate of drug-likeness (QED) is 0.371. The number of nitrogens with one attached hydrogen (secondary N) is 1. The highest BCUT2D eigenvalue weighted by Crippen LogP contribution is 1.90. The Bertz CT molecular complexity index is 39.9. The Morgan fingerprint density at radius 2 is 2.17 bits per heavy atom. The lowest BCUT2D eigenvalue weighted by Crippen LogP contribution is -3.15. The van der Waals surface area contributed by atoms with Crippen LogP contribution < -0.4 is 4.90 Å². The lowest BCUT2D eigenvalue weighted by atomic mass is 10.1. The van der Waals surface area contributed by atoms with Crippen LogP contribution in [0.15, 0.2) is 0 Å². The van der Waals surface area contributed by atoms with Crippen LogP contribution >= 0.6 is 0 Å². The summed E-state index contributed by atoms with van der Waals surface area (Å²) in [6.07, 6.45) is 0. The molecule has 0 aliphatic carbocycles. The van der Waals surface area contributed by atoms with Crippen LogP contribution in [-0.4, -0.2) is 13.1 Å². The van der Waals surface area contributed by atoms with Crippen molar-refractivity contribution in [3.8, 4) is 0 Å².